The molecule has 0 aliphatic carbocycles. The highest BCUT2D eigenvalue weighted by molar-refractivity contribution is 7.99. The molecule has 1 aromatic heterocycles. The van der Waals surface area contributed by atoms with Gasteiger partial charge in [-0.25, -0.2) is 0 Å². The van der Waals surface area contributed by atoms with Crippen molar-refractivity contribution < 1.29 is 19.0 Å². The number of rotatable bonds is 7. The number of Topliss-reactive ketones (excluding diaryl/α,β-unsaturated/α-hetero) is 1. The predicted octanol–water partition coefficient (Wildman–Crippen LogP) is 2.81. The number of thioether (sulfide) groups is 1. The second kappa shape index (κ2) is 8.30. The molecule has 0 fully saturated rings. The molecule has 2 heterocycles. The molecule has 0 amide bonds. The lowest BCUT2D eigenvalue weighted by molar-refractivity contribution is 0.102. The fourth-order valence-corrected chi connectivity index (χ4v) is 3.54. The van der Waals surface area contributed by atoms with Gasteiger partial charge >= 0.3 is 0 Å². The Kier molecular flexibility index (Phi) is 5.43. The molecule has 4 rings (SSSR count). The number of tetrazole rings is 1. The van der Waals surface area contributed by atoms with Gasteiger partial charge in [0.2, 0.25) is 5.16 Å². The molecule has 8 nitrogen and oxygen atoms in total. The molecule has 0 saturated carbocycles. The van der Waals surface area contributed by atoms with Gasteiger partial charge in [0.15, 0.2) is 17.3 Å². The maximum Gasteiger partial charge on any atom is 0.214 e. The minimum absolute atomic E-state index is 0.0467. The number of ether oxygens (including phenoxy) is 3. The van der Waals surface area contributed by atoms with Crippen LogP contribution in [0.1, 0.15) is 17.3 Å². The van der Waals surface area contributed by atoms with E-state index >= 15 is 0 Å². The van der Waals surface area contributed by atoms with Gasteiger partial charge in [-0.1, -0.05) is 23.9 Å². The molecule has 0 saturated heterocycles. The Balaban J connectivity index is 1.49. The van der Waals surface area contributed by atoms with Crippen LogP contribution in [0.5, 0.6) is 17.2 Å². The van der Waals surface area contributed by atoms with Gasteiger partial charge < -0.3 is 14.2 Å². The lowest BCUT2D eigenvalue weighted by Gasteiger charge is -2.18. The normalized spacial score (nSPS) is 12.6. The topological polar surface area (TPSA) is 88.4 Å². The Hall–Kier alpha value is -3.07. The van der Waals surface area contributed by atoms with Gasteiger partial charge in [-0.05, 0) is 47.7 Å². The number of hydrogen-bond donors (Lipinski definition) is 0. The van der Waals surface area contributed by atoms with Crippen LogP contribution in [0, 0.1) is 0 Å². The zero-order valence-corrected chi connectivity index (χ0v) is 16.0. The fraction of sp³-hybridized carbons (Fsp3) is 0.263. The fourth-order valence-electron chi connectivity index (χ4n) is 2.76. The number of aromatic nitrogens is 4. The van der Waals surface area contributed by atoms with E-state index in [0.29, 0.717) is 47.8 Å². The third-order valence-electron chi connectivity index (χ3n) is 4.03. The van der Waals surface area contributed by atoms with E-state index < -0.39 is 0 Å². The van der Waals surface area contributed by atoms with E-state index in [0.717, 1.165) is 5.69 Å². The lowest BCUT2D eigenvalue weighted by Crippen LogP contribution is -2.16. The van der Waals surface area contributed by atoms with Crippen molar-refractivity contribution in [2.45, 2.75) is 12.1 Å². The van der Waals surface area contributed by atoms with Crippen LogP contribution in [0.15, 0.2) is 47.6 Å². The van der Waals surface area contributed by atoms with E-state index in [-0.39, 0.29) is 11.5 Å². The summed E-state index contributed by atoms with van der Waals surface area (Å²) in [5, 5.41) is 12.3. The van der Waals surface area contributed by atoms with E-state index in [1.807, 2.05) is 31.2 Å². The van der Waals surface area contributed by atoms with Gasteiger partial charge in [-0.2, -0.15) is 4.68 Å². The molecule has 0 unspecified atom stereocenters. The zero-order chi connectivity index (χ0) is 19.3. The average molecular weight is 398 g/mol. The second-order valence-corrected chi connectivity index (χ2v) is 6.79. The highest BCUT2D eigenvalue weighted by atomic mass is 32.2. The molecular formula is C19H18N4O4S. The standard InChI is InChI=1S/C19H18N4O4S/c1-2-25-16-6-4-3-5-14(16)23-19(20-21-22-23)28-12-15(24)13-7-8-17-18(11-13)27-10-9-26-17/h3-8,11H,2,9-10,12H2,1H3. The Morgan fingerprint density at radius 3 is 2.86 bits per heavy atom. The number of fused-ring (bicyclic) bond motifs is 1. The summed E-state index contributed by atoms with van der Waals surface area (Å²) in [6.07, 6.45) is 0. The number of ketones is 1. The van der Waals surface area contributed by atoms with Crippen LogP contribution < -0.4 is 14.2 Å². The molecule has 28 heavy (non-hydrogen) atoms. The summed E-state index contributed by atoms with van der Waals surface area (Å²) in [5.41, 5.74) is 1.29. The molecule has 0 N–H and O–H groups in total. The third-order valence-corrected chi connectivity index (χ3v) is 4.95. The molecule has 1 aliphatic rings. The summed E-state index contributed by atoms with van der Waals surface area (Å²) in [5.74, 6) is 2.08. The first-order valence-electron chi connectivity index (χ1n) is 8.82. The Labute approximate surface area is 165 Å². The summed E-state index contributed by atoms with van der Waals surface area (Å²) in [4.78, 5) is 12.6. The number of carbonyl (C=O) groups excluding carboxylic acids is 1. The summed E-state index contributed by atoms with van der Waals surface area (Å²) in [7, 11) is 0. The molecule has 144 valence electrons. The number of benzene rings is 2. The maximum absolute atomic E-state index is 12.6. The molecule has 0 spiro atoms. The molecule has 0 bridgehead atoms. The minimum Gasteiger partial charge on any atom is -0.492 e. The van der Waals surface area contributed by atoms with Crippen LogP contribution in [0.4, 0.5) is 0 Å². The number of nitrogens with zero attached hydrogens (tertiary/aromatic N) is 4. The summed E-state index contributed by atoms with van der Waals surface area (Å²) in [6, 6.07) is 12.7. The molecule has 0 radical (unpaired) electrons. The van der Waals surface area contributed by atoms with Gasteiger partial charge in [0.25, 0.3) is 0 Å². The van der Waals surface area contributed by atoms with Crippen molar-refractivity contribution in [3.63, 3.8) is 0 Å². The van der Waals surface area contributed by atoms with Crippen LogP contribution in [0.3, 0.4) is 0 Å². The van der Waals surface area contributed by atoms with Crippen molar-refractivity contribution in [1.82, 2.24) is 20.2 Å². The maximum atomic E-state index is 12.6. The first-order chi connectivity index (χ1) is 13.8. The van der Waals surface area contributed by atoms with Gasteiger partial charge in [0.05, 0.1) is 12.4 Å². The van der Waals surface area contributed by atoms with Crippen LogP contribution in [-0.2, 0) is 0 Å². The first-order valence-corrected chi connectivity index (χ1v) is 9.81. The highest BCUT2D eigenvalue weighted by Gasteiger charge is 2.18. The van der Waals surface area contributed by atoms with Crippen molar-refractivity contribution in [3.8, 4) is 22.9 Å². The third kappa shape index (κ3) is 3.79. The number of carbonyl (C=O) groups is 1. The molecule has 0 atom stereocenters. The van der Waals surface area contributed by atoms with E-state index in [9.17, 15) is 4.79 Å². The number of hydrogen-bond acceptors (Lipinski definition) is 8. The van der Waals surface area contributed by atoms with Crippen molar-refractivity contribution >= 4 is 17.5 Å². The number of para-hydroxylation sites is 2. The van der Waals surface area contributed by atoms with E-state index in [1.165, 1.54) is 11.8 Å². The van der Waals surface area contributed by atoms with Crippen LogP contribution in [-0.4, -0.2) is 51.6 Å². The Morgan fingerprint density at radius 1 is 1.18 bits per heavy atom. The molecule has 3 aromatic rings. The zero-order valence-electron chi connectivity index (χ0n) is 15.2. The van der Waals surface area contributed by atoms with Gasteiger partial charge in [-0.15, -0.1) is 5.10 Å². The Bertz CT molecular complexity index is 992. The van der Waals surface area contributed by atoms with Crippen LogP contribution in [0.2, 0.25) is 0 Å². The predicted molar refractivity (Wildman–Crippen MR) is 103 cm³/mol. The lowest BCUT2D eigenvalue weighted by atomic mass is 10.1. The first kappa shape index (κ1) is 18.3. The summed E-state index contributed by atoms with van der Waals surface area (Å²) < 4.78 is 18.3. The quantitative estimate of drug-likeness (QED) is 0.443. The van der Waals surface area contributed by atoms with Crippen molar-refractivity contribution in [2.24, 2.45) is 0 Å². The van der Waals surface area contributed by atoms with Gasteiger partial charge in [0.1, 0.15) is 24.7 Å². The van der Waals surface area contributed by atoms with E-state index in [2.05, 4.69) is 15.5 Å². The summed E-state index contributed by atoms with van der Waals surface area (Å²) >= 11 is 1.27. The van der Waals surface area contributed by atoms with Gasteiger partial charge in [-0.3, -0.25) is 4.79 Å². The molecule has 9 heteroatoms. The van der Waals surface area contributed by atoms with Crippen LogP contribution >= 0.6 is 11.8 Å². The van der Waals surface area contributed by atoms with Crippen molar-refractivity contribution in [1.29, 1.82) is 0 Å². The average Bonchev–Trinajstić information content (AvgIpc) is 3.20. The SMILES string of the molecule is CCOc1ccccc1-n1nnnc1SCC(=O)c1ccc2c(c1)OCCO2. The van der Waals surface area contributed by atoms with Crippen molar-refractivity contribution in [2.75, 3.05) is 25.6 Å². The monoisotopic (exact) mass is 398 g/mol. The smallest absolute Gasteiger partial charge is 0.214 e. The molecule has 1 aliphatic heterocycles. The van der Waals surface area contributed by atoms with E-state index in [1.54, 1.807) is 22.9 Å². The molecule has 2 aromatic carbocycles. The second-order valence-electron chi connectivity index (χ2n) is 5.84. The summed E-state index contributed by atoms with van der Waals surface area (Å²) in [6.45, 7) is 3.44. The van der Waals surface area contributed by atoms with Crippen molar-refractivity contribution in [3.05, 3.63) is 48.0 Å². The van der Waals surface area contributed by atoms with Gasteiger partial charge in [0, 0.05) is 5.56 Å². The largest absolute Gasteiger partial charge is 0.492 e. The van der Waals surface area contributed by atoms with E-state index in [4.69, 9.17) is 14.2 Å². The molecular weight excluding hydrogens is 380 g/mol. The van der Waals surface area contributed by atoms with Crippen LogP contribution in [0.25, 0.3) is 5.69 Å². The Morgan fingerprint density at radius 2 is 2.00 bits per heavy atom. The minimum atomic E-state index is -0.0467. The highest BCUT2D eigenvalue weighted by Crippen LogP contribution is 2.31.